The second kappa shape index (κ2) is 7.75. The van der Waals surface area contributed by atoms with E-state index in [0.717, 1.165) is 12.8 Å². The first-order valence-corrected chi connectivity index (χ1v) is 8.31. The van der Waals surface area contributed by atoms with E-state index in [1.807, 2.05) is 19.1 Å². The molecule has 1 aliphatic heterocycles. The minimum absolute atomic E-state index is 0.220. The van der Waals surface area contributed by atoms with E-state index in [0.29, 0.717) is 24.3 Å². The maximum Gasteiger partial charge on any atom is 0.351 e. The molecule has 0 saturated carbocycles. The van der Waals surface area contributed by atoms with Crippen molar-refractivity contribution in [3.63, 3.8) is 0 Å². The Kier molecular flexibility index (Phi) is 5.96. The largest absolute Gasteiger partial charge is 0.390 e. The Hall–Kier alpha value is -1.66. The van der Waals surface area contributed by atoms with Crippen LogP contribution >= 0.6 is 0 Å². The lowest BCUT2D eigenvalue weighted by molar-refractivity contribution is -0.0217. The fourth-order valence-electron chi connectivity index (χ4n) is 2.72. The number of hydrogen-bond acceptors (Lipinski definition) is 5. The maximum absolute atomic E-state index is 12.1. The van der Waals surface area contributed by atoms with Crippen molar-refractivity contribution in [1.82, 2.24) is 9.55 Å². The Bertz CT molecular complexity index is 610. The molecule has 0 amide bonds. The van der Waals surface area contributed by atoms with Crippen LogP contribution in [0.15, 0.2) is 17.1 Å². The van der Waals surface area contributed by atoms with E-state index in [-0.39, 0.29) is 11.9 Å². The molecule has 3 N–H and O–H groups in total. The fourth-order valence-corrected chi connectivity index (χ4v) is 2.72. The monoisotopic (exact) mass is 321 g/mol. The predicted octanol–water partition coefficient (Wildman–Crippen LogP) is 2.33. The van der Waals surface area contributed by atoms with Crippen molar-refractivity contribution in [3.05, 3.63) is 28.3 Å². The number of hydrogen-bond donors (Lipinski definition) is 2. The van der Waals surface area contributed by atoms with Crippen LogP contribution in [0.1, 0.15) is 58.2 Å². The molecule has 2 heterocycles. The molecular formula is C17H27N3O3. The number of ether oxygens (including phenoxy) is 1. The molecule has 0 aromatic carbocycles. The van der Waals surface area contributed by atoms with Gasteiger partial charge in [0.05, 0.1) is 12.2 Å². The van der Waals surface area contributed by atoms with E-state index < -0.39 is 18.0 Å². The number of aliphatic hydroxyl groups excluding tert-OH is 1. The highest BCUT2D eigenvalue weighted by Gasteiger charge is 2.34. The van der Waals surface area contributed by atoms with Crippen LogP contribution in [0.25, 0.3) is 6.08 Å². The molecule has 2 rings (SSSR count). The lowest BCUT2D eigenvalue weighted by atomic mass is 10.1. The summed E-state index contributed by atoms with van der Waals surface area (Å²) in [5.74, 6) is 0.862. The molecule has 1 aromatic rings. The van der Waals surface area contributed by atoms with Gasteiger partial charge in [-0.25, -0.2) is 4.79 Å². The van der Waals surface area contributed by atoms with Crippen molar-refractivity contribution in [2.45, 2.75) is 64.9 Å². The highest BCUT2D eigenvalue weighted by Crippen LogP contribution is 2.29. The topological polar surface area (TPSA) is 90.4 Å². The van der Waals surface area contributed by atoms with Gasteiger partial charge >= 0.3 is 5.69 Å². The van der Waals surface area contributed by atoms with E-state index in [2.05, 4.69) is 18.8 Å². The number of aromatic nitrogens is 2. The molecular weight excluding hydrogens is 294 g/mol. The Labute approximate surface area is 137 Å². The van der Waals surface area contributed by atoms with Gasteiger partial charge in [0.25, 0.3) is 0 Å². The average Bonchev–Trinajstić information content (AvgIpc) is 2.86. The summed E-state index contributed by atoms with van der Waals surface area (Å²) < 4.78 is 7.18. The van der Waals surface area contributed by atoms with Crippen LogP contribution in [0.4, 0.5) is 5.82 Å². The minimum Gasteiger partial charge on any atom is -0.390 e. The number of nitrogens with zero attached hydrogens (tertiary/aromatic N) is 2. The normalized spacial score (nSPS) is 24.8. The summed E-state index contributed by atoms with van der Waals surface area (Å²) in [6, 6.07) is 0. The summed E-state index contributed by atoms with van der Waals surface area (Å²) in [7, 11) is 0. The van der Waals surface area contributed by atoms with Crippen molar-refractivity contribution in [1.29, 1.82) is 0 Å². The van der Waals surface area contributed by atoms with E-state index >= 15 is 0 Å². The average molecular weight is 321 g/mol. The van der Waals surface area contributed by atoms with Gasteiger partial charge in [-0.2, -0.15) is 4.98 Å². The summed E-state index contributed by atoms with van der Waals surface area (Å²) in [5.41, 5.74) is 6.10. The van der Waals surface area contributed by atoms with Gasteiger partial charge in [0, 0.05) is 18.2 Å². The molecule has 1 fully saturated rings. The minimum atomic E-state index is -0.556. The van der Waals surface area contributed by atoms with Gasteiger partial charge in [0.1, 0.15) is 12.0 Å². The molecule has 3 atom stereocenters. The SMILES string of the molecule is CC[C@H]1O[C@@H](n2cc(/C=C/CCC(C)C)c(N)nc2=O)CC1O. The van der Waals surface area contributed by atoms with Crippen LogP contribution in [0.5, 0.6) is 0 Å². The smallest absolute Gasteiger partial charge is 0.351 e. The third kappa shape index (κ3) is 4.42. The highest BCUT2D eigenvalue weighted by molar-refractivity contribution is 5.59. The fraction of sp³-hybridized carbons (Fsp3) is 0.647. The van der Waals surface area contributed by atoms with Crippen LogP contribution in [0.2, 0.25) is 0 Å². The molecule has 0 bridgehead atoms. The third-order valence-corrected chi connectivity index (χ3v) is 4.14. The van der Waals surface area contributed by atoms with Crippen molar-refractivity contribution >= 4 is 11.9 Å². The molecule has 1 unspecified atom stereocenters. The Morgan fingerprint density at radius 2 is 2.30 bits per heavy atom. The lowest BCUT2D eigenvalue weighted by Crippen LogP contribution is -2.28. The summed E-state index contributed by atoms with van der Waals surface area (Å²) in [4.78, 5) is 16.0. The van der Waals surface area contributed by atoms with Crippen molar-refractivity contribution in [3.8, 4) is 0 Å². The number of nitrogens with two attached hydrogens (primary N) is 1. The van der Waals surface area contributed by atoms with Crippen LogP contribution in [-0.4, -0.2) is 26.9 Å². The second-order valence-corrected chi connectivity index (χ2v) is 6.49. The first kappa shape index (κ1) is 17.7. The quantitative estimate of drug-likeness (QED) is 0.839. The van der Waals surface area contributed by atoms with Gasteiger partial charge < -0.3 is 15.6 Å². The first-order chi connectivity index (χ1) is 10.9. The molecule has 1 aromatic heterocycles. The van der Waals surface area contributed by atoms with E-state index in [4.69, 9.17) is 10.5 Å². The second-order valence-electron chi connectivity index (χ2n) is 6.49. The van der Waals surface area contributed by atoms with E-state index in [9.17, 15) is 9.90 Å². The first-order valence-electron chi connectivity index (χ1n) is 8.31. The zero-order valence-electron chi connectivity index (χ0n) is 14.1. The van der Waals surface area contributed by atoms with Gasteiger partial charge in [-0.3, -0.25) is 4.57 Å². The number of anilines is 1. The van der Waals surface area contributed by atoms with Crippen molar-refractivity contribution < 1.29 is 9.84 Å². The molecule has 1 aliphatic rings. The van der Waals surface area contributed by atoms with Crippen LogP contribution in [-0.2, 0) is 4.74 Å². The summed E-state index contributed by atoms with van der Waals surface area (Å²) >= 11 is 0. The van der Waals surface area contributed by atoms with Crippen LogP contribution in [0, 0.1) is 5.92 Å². The molecule has 128 valence electrons. The zero-order chi connectivity index (χ0) is 17.0. The van der Waals surface area contributed by atoms with Gasteiger partial charge in [-0.15, -0.1) is 0 Å². The molecule has 0 spiro atoms. The zero-order valence-corrected chi connectivity index (χ0v) is 14.1. The Balaban J connectivity index is 2.18. The van der Waals surface area contributed by atoms with Crippen LogP contribution in [0.3, 0.4) is 0 Å². The molecule has 0 radical (unpaired) electrons. The predicted molar refractivity (Wildman–Crippen MR) is 90.8 cm³/mol. The molecule has 6 nitrogen and oxygen atoms in total. The number of nitrogen functional groups attached to an aromatic ring is 1. The summed E-state index contributed by atoms with van der Waals surface area (Å²) in [6.07, 6.45) is 7.47. The Morgan fingerprint density at radius 3 is 2.91 bits per heavy atom. The molecule has 0 aliphatic carbocycles. The van der Waals surface area contributed by atoms with Crippen molar-refractivity contribution in [2.24, 2.45) is 5.92 Å². The lowest BCUT2D eigenvalue weighted by Gasteiger charge is -2.15. The molecule has 6 heteroatoms. The van der Waals surface area contributed by atoms with Crippen molar-refractivity contribution in [2.75, 3.05) is 5.73 Å². The molecule has 1 saturated heterocycles. The summed E-state index contributed by atoms with van der Waals surface area (Å²) in [5, 5.41) is 9.96. The number of allylic oxidation sites excluding steroid dienone is 1. The van der Waals surface area contributed by atoms with Crippen LogP contribution < -0.4 is 11.4 Å². The molecule has 23 heavy (non-hydrogen) atoms. The van der Waals surface area contributed by atoms with E-state index in [1.54, 1.807) is 6.20 Å². The summed E-state index contributed by atoms with van der Waals surface area (Å²) in [6.45, 7) is 6.30. The number of rotatable bonds is 6. The van der Waals surface area contributed by atoms with Gasteiger partial charge in [-0.1, -0.05) is 32.9 Å². The Morgan fingerprint density at radius 1 is 1.57 bits per heavy atom. The van der Waals surface area contributed by atoms with Gasteiger partial charge in [0.15, 0.2) is 0 Å². The standard InChI is InChI=1S/C17H27N3O3/c1-4-14-13(21)9-15(23-14)20-10-12(16(18)19-17(20)22)8-6-5-7-11(2)3/h6,8,10-11,13-15,21H,4-5,7,9H2,1-3H3,(H2,18,19,22)/b8-6+/t13?,14-,15-/m1/s1. The van der Waals surface area contributed by atoms with E-state index in [1.165, 1.54) is 4.57 Å². The maximum atomic E-state index is 12.1. The highest BCUT2D eigenvalue weighted by atomic mass is 16.5. The number of aliphatic hydroxyl groups is 1. The third-order valence-electron chi connectivity index (χ3n) is 4.14. The van der Waals surface area contributed by atoms with Gasteiger partial charge in [-0.05, 0) is 25.2 Å². The van der Waals surface area contributed by atoms with Gasteiger partial charge in [0.2, 0.25) is 0 Å².